The van der Waals surface area contributed by atoms with E-state index in [1.807, 2.05) is 43.1 Å². The third kappa shape index (κ3) is 3.78. The molecular formula is C18H23N3O2. The van der Waals surface area contributed by atoms with Crippen molar-refractivity contribution in [2.45, 2.75) is 39.0 Å². The van der Waals surface area contributed by atoms with Crippen LogP contribution in [-0.4, -0.2) is 34.0 Å². The molecule has 23 heavy (non-hydrogen) atoms. The molecule has 2 aromatic rings. The van der Waals surface area contributed by atoms with Gasteiger partial charge in [-0.05, 0) is 43.2 Å². The van der Waals surface area contributed by atoms with Gasteiger partial charge in [0.05, 0.1) is 5.69 Å². The molecule has 0 aromatic carbocycles. The number of piperidine rings is 1. The third-order valence-corrected chi connectivity index (χ3v) is 4.36. The molecule has 0 bridgehead atoms. The monoisotopic (exact) mass is 313 g/mol. The van der Waals surface area contributed by atoms with Crippen molar-refractivity contribution >= 4 is 5.91 Å². The number of amides is 1. The average molecular weight is 313 g/mol. The van der Waals surface area contributed by atoms with Crippen LogP contribution >= 0.6 is 0 Å². The van der Waals surface area contributed by atoms with E-state index in [0.717, 1.165) is 43.7 Å². The van der Waals surface area contributed by atoms with E-state index in [1.165, 1.54) is 0 Å². The van der Waals surface area contributed by atoms with Crippen LogP contribution in [0.4, 0.5) is 0 Å². The summed E-state index contributed by atoms with van der Waals surface area (Å²) in [5.74, 6) is 1.02. The zero-order chi connectivity index (χ0) is 16.2. The number of hydrogen-bond donors (Lipinski definition) is 0. The first-order valence-electron chi connectivity index (χ1n) is 8.29. The molecule has 0 radical (unpaired) electrons. The van der Waals surface area contributed by atoms with E-state index in [9.17, 15) is 4.79 Å². The Bertz CT molecular complexity index is 651. The number of carbonyl (C=O) groups excluding carboxylic acids is 1. The van der Waals surface area contributed by atoms with Crippen molar-refractivity contribution in [3.63, 3.8) is 0 Å². The van der Waals surface area contributed by atoms with Gasteiger partial charge < -0.3 is 9.42 Å². The van der Waals surface area contributed by atoms with E-state index < -0.39 is 0 Å². The summed E-state index contributed by atoms with van der Waals surface area (Å²) in [6.07, 6.45) is 4.89. The lowest BCUT2D eigenvalue weighted by Crippen LogP contribution is -2.40. The van der Waals surface area contributed by atoms with Gasteiger partial charge in [-0.2, -0.15) is 0 Å². The Hall–Kier alpha value is -2.17. The minimum atomic E-state index is -0.0462. The first-order valence-corrected chi connectivity index (χ1v) is 8.29. The lowest BCUT2D eigenvalue weighted by molar-refractivity contribution is 0.0631. The number of rotatable bonds is 4. The van der Waals surface area contributed by atoms with Crippen molar-refractivity contribution in [3.8, 4) is 0 Å². The van der Waals surface area contributed by atoms with Crippen LogP contribution in [0.15, 0.2) is 35.0 Å². The summed E-state index contributed by atoms with van der Waals surface area (Å²) in [5.41, 5.74) is 1.92. The number of pyridine rings is 1. The number of nitrogens with zero attached hydrogens (tertiary/aromatic N) is 3. The average Bonchev–Trinajstić information content (AvgIpc) is 3.06. The van der Waals surface area contributed by atoms with E-state index in [2.05, 4.69) is 10.1 Å². The fraction of sp³-hybridized carbons (Fsp3) is 0.500. The van der Waals surface area contributed by atoms with Gasteiger partial charge >= 0.3 is 0 Å². The molecule has 0 N–H and O–H groups in total. The lowest BCUT2D eigenvalue weighted by atomic mass is 9.93. The van der Waals surface area contributed by atoms with Gasteiger partial charge in [0.25, 0.3) is 5.91 Å². The number of likely N-dealkylation sites (tertiary alicyclic amines) is 1. The van der Waals surface area contributed by atoms with Crippen molar-refractivity contribution < 1.29 is 9.32 Å². The van der Waals surface area contributed by atoms with E-state index in [-0.39, 0.29) is 11.8 Å². The summed E-state index contributed by atoms with van der Waals surface area (Å²) in [6, 6.07) is 7.76. The second-order valence-corrected chi connectivity index (χ2v) is 6.56. The van der Waals surface area contributed by atoms with Crippen LogP contribution in [0.5, 0.6) is 0 Å². The molecule has 3 rings (SSSR count). The molecule has 0 saturated carbocycles. The topological polar surface area (TPSA) is 59.2 Å². The Kier molecular flexibility index (Phi) is 4.74. The quantitative estimate of drug-likeness (QED) is 0.869. The van der Waals surface area contributed by atoms with Crippen molar-refractivity contribution in [1.82, 2.24) is 15.0 Å². The first kappa shape index (κ1) is 15.7. The van der Waals surface area contributed by atoms with Crippen LogP contribution in [0.3, 0.4) is 0 Å². The van der Waals surface area contributed by atoms with Gasteiger partial charge in [0, 0.05) is 31.0 Å². The summed E-state index contributed by atoms with van der Waals surface area (Å²) >= 11 is 0. The molecule has 1 atom stereocenters. The molecule has 3 heterocycles. The Balaban J connectivity index is 1.64. The first-order chi connectivity index (χ1) is 11.1. The van der Waals surface area contributed by atoms with Gasteiger partial charge in [0.2, 0.25) is 5.76 Å². The molecule has 1 amide bonds. The van der Waals surface area contributed by atoms with Gasteiger partial charge in [-0.25, -0.2) is 0 Å². The van der Waals surface area contributed by atoms with E-state index in [4.69, 9.17) is 4.52 Å². The summed E-state index contributed by atoms with van der Waals surface area (Å²) in [6.45, 7) is 5.62. The highest BCUT2D eigenvalue weighted by molar-refractivity contribution is 5.91. The Morgan fingerprint density at radius 1 is 1.43 bits per heavy atom. The summed E-state index contributed by atoms with van der Waals surface area (Å²) in [4.78, 5) is 18.9. The summed E-state index contributed by atoms with van der Waals surface area (Å²) in [7, 11) is 0. The molecule has 1 aliphatic rings. The molecule has 5 nitrogen and oxygen atoms in total. The Morgan fingerprint density at radius 2 is 2.30 bits per heavy atom. The maximum absolute atomic E-state index is 12.6. The van der Waals surface area contributed by atoms with Crippen molar-refractivity contribution in [2.75, 3.05) is 13.1 Å². The smallest absolute Gasteiger partial charge is 0.292 e. The van der Waals surface area contributed by atoms with E-state index in [1.54, 1.807) is 6.07 Å². The molecule has 0 spiro atoms. The molecule has 1 saturated heterocycles. The zero-order valence-electron chi connectivity index (χ0n) is 13.7. The zero-order valence-corrected chi connectivity index (χ0v) is 13.7. The minimum Gasteiger partial charge on any atom is -0.351 e. The highest BCUT2D eigenvalue weighted by Gasteiger charge is 2.27. The van der Waals surface area contributed by atoms with Crippen LogP contribution in [0, 0.1) is 5.92 Å². The molecule has 122 valence electrons. The summed E-state index contributed by atoms with van der Waals surface area (Å²) in [5, 5.41) is 3.99. The maximum atomic E-state index is 12.6. The fourth-order valence-corrected chi connectivity index (χ4v) is 3.05. The molecule has 1 unspecified atom stereocenters. The number of aromatic nitrogens is 2. The van der Waals surface area contributed by atoms with Crippen LogP contribution < -0.4 is 0 Å². The Labute approximate surface area is 136 Å². The second-order valence-electron chi connectivity index (χ2n) is 6.56. The van der Waals surface area contributed by atoms with Gasteiger partial charge in [-0.1, -0.05) is 25.1 Å². The van der Waals surface area contributed by atoms with Gasteiger partial charge in [0.1, 0.15) is 0 Å². The molecular weight excluding hydrogens is 290 g/mol. The molecule has 5 heteroatoms. The van der Waals surface area contributed by atoms with Gasteiger partial charge in [-0.15, -0.1) is 0 Å². The lowest BCUT2D eigenvalue weighted by Gasteiger charge is -2.32. The molecule has 1 fully saturated rings. The van der Waals surface area contributed by atoms with Gasteiger partial charge in [-0.3, -0.25) is 9.78 Å². The van der Waals surface area contributed by atoms with Crippen LogP contribution in [-0.2, 0) is 6.42 Å². The standard InChI is InChI=1S/C18H23N3O2/c1-13(2)16-11-17(23-20-16)18(22)21-9-5-6-14(12-21)10-15-7-3-4-8-19-15/h3-4,7-8,11,13-14H,5-6,9-10,12H2,1-2H3. The van der Waals surface area contributed by atoms with Crippen LogP contribution in [0.1, 0.15) is 54.5 Å². The van der Waals surface area contributed by atoms with Gasteiger partial charge in [0.15, 0.2) is 0 Å². The number of carbonyl (C=O) groups is 1. The third-order valence-electron chi connectivity index (χ3n) is 4.36. The molecule has 2 aromatic heterocycles. The normalized spacial score (nSPS) is 18.4. The highest BCUT2D eigenvalue weighted by atomic mass is 16.5. The largest absolute Gasteiger partial charge is 0.351 e. The van der Waals surface area contributed by atoms with Crippen molar-refractivity contribution in [1.29, 1.82) is 0 Å². The molecule has 0 aliphatic carbocycles. The minimum absolute atomic E-state index is 0.0462. The predicted octanol–water partition coefficient (Wildman–Crippen LogP) is 3.29. The SMILES string of the molecule is CC(C)c1cc(C(=O)N2CCCC(Cc3ccccn3)C2)on1. The van der Waals surface area contributed by atoms with Crippen LogP contribution in [0.25, 0.3) is 0 Å². The molecule has 1 aliphatic heterocycles. The summed E-state index contributed by atoms with van der Waals surface area (Å²) < 4.78 is 5.24. The van der Waals surface area contributed by atoms with E-state index in [0.29, 0.717) is 11.7 Å². The maximum Gasteiger partial charge on any atom is 0.292 e. The predicted molar refractivity (Wildman–Crippen MR) is 87.2 cm³/mol. The highest BCUT2D eigenvalue weighted by Crippen LogP contribution is 2.22. The van der Waals surface area contributed by atoms with Crippen molar-refractivity contribution in [2.24, 2.45) is 5.92 Å². The van der Waals surface area contributed by atoms with Crippen LogP contribution in [0.2, 0.25) is 0 Å². The van der Waals surface area contributed by atoms with Crippen molar-refractivity contribution in [3.05, 3.63) is 47.6 Å². The fourth-order valence-electron chi connectivity index (χ4n) is 3.05. The number of hydrogen-bond acceptors (Lipinski definition) is 4. The Morgan fingerprint density at radius 3 is 3.00 bits per heavy atom. The van der Waals surface area contributed by atoms with E-state index >= 15 is 0 Å². The second kappa shape index (κ2) is 6.94.